The summed E-state index contributed by atoms with van der Waals surface area (Å²) in [6.07, 6.45) is 0.965. The van der Waals surface area contributed by atoms with Crippen molar-refractivity contribution in [3.05, 3.63) is 11.9 Å². The lowest BCUT2D eigenvalue weighted by Crippen LogP contribution is -2.23. The van der Waals surface area contributed by atoms with E-state index in [4.69, 9.17) is 5.73 Å². The Morgan fingerprint density at radius 3 is 2.71 bits per heavy atom. The molecule has 17 heavy (non-hydrogen) atoms. The summed E-state index contributed by atoms with van der Waals surface area (Å²) >= 11 is 0. The first-order chi connectivity index (χ1) is 8.02. The SMILES string of the molecule is Cc1nc(NC(C)C)cc(N(C)CCCN)n1. The molecule has 0 radical (unpaired) electrons. The third kappa shape index (κ3) is 4.56. The van der Waals surface area contributed by atoms with Gasteiger partial charge in [-0.25, -0.2) is 9.97 Å². The Morgan fingerprint density at radius 1 is 1.41 bits per heavy atom. The van der Waals surface area contributed by atoms with Crippen LogP contribution in [0.4, 0.5) is 11.6 Å². The van der Waals surface area contributed by atoms with E-state index in [0.717, 1.165) is 30.4 Å². The molecule has 1 aromatic rings. The highest BCUT2D eigenvalue weighted by molar-refractivity contribution is 5.49. The zero-order valence-corrected chi connectivity index (χ0v) is 11.2. The predicted molar refractivity (Wildman–Crippen MR) is 72.5 cm³/mol. The van der Waals surface area contributed by atoms with Crippen LogP contribution in [0.2, 0.25) is 0 Å². The molecule has 0 fully saturated rings. The van der Waals surface area contributed by atoms with E-state index in [9.17, 15) is 0 Å². The average Bonchev–Trinajstić information content (AvgIpc) is 2.24. The van der Waals surface area contributed by atoms with Crippen LogP contribution < -0.4 is 16.0 Å². The number of aryl methyl sites for hydroxylation is 1. The predicted octanol–water partition coefficient (Wildman–Crippen LogP) is 1.39. The molecule has 0 atom stereocenters. The molecule has 5 nitrogen and oxygen atoms in total. The number of aromatic nitrogens is 2. The fourth-order valence-electron chi connectivity index (χ4n) is 1.56. The van der Waals surface area contributed by atoms with Crippen LogP contribution in [-0.4, -0.2) is 36.1 Å². The van der Waals surface area contributed by atoms with Gasteiger partial charge < -0.3 is 16.0 Å². The summed E-state index contributed by atoms with van der Waals surface area (Å²) in [6.45, 7) is 7.70. The molecule has 0 saturated heterocycles. The van der Waals surface area contributed by atoms with E-state index in [1.165, 1.54) is 0 Å². The van der Waals surface area contributed by atoms with Gasteiger partial charge in [-0.05, 0) is 33.7 Å². The van der Waals surface area contributed by atoms with Crippen LogP contribution in [0.5, 0.6) is 0 Å². The number of nitrogens with one attached hydrogen (secondary N) is 1. The van der Waals surface area contributed by atoms with Crippen LogP contribution in [0.25, 0.3) is 0 Å². The van der Waals surface area contributed by atoms with Gasteiger partial charge in [0.25, 0.3) is 0 Å². The molecule has 0 aliphatic rings. The molecule has 0 aliphatic heterocycles. The van der Waals surface area contributed by atoms with Crippen molar-refractivity contribution in [2.24, 2.45) is 5.73 Å². The Bertz CT molecular complexity index is 351. The topological polar surface area (TPSA) is 67.1 Å². The molecule has 0 bridgehead atoms. The van der Waals surface area contributed by atoms with E-state index in [1.807, 2.05) is 20.0 Å². The van der Waals surface area contributed by atoms with Gasteiger partial charge in [0, 0.05) is 25.7 Å². The lowest BCUT2D eigenvalue weighted by Gasteiger charge is -2.19. The van der Waals surface area contributed by atoms with E-state index in [-0.39, 0.29) is 0 Å². The number of nitrogens with two attached hydrogens (primary N) is 1. The lowest BCUT2D eigenvalue weighted by atomic mass is 10.3. The third-order valence-corrected chi connectivity index (χ3v) is 2.35. The minimum Gasteiger partial charge on any atom is -0.368 e. The normalized spacial score (nSPS) is 10.7. The summed E-state index contributed by atoms with van der Waals surface area (Å²) in [6, 6.07) is 2.34. The van der Waals surface area contributed by atoms with Gasteiger partial charge in [0.1, 0.15) is 17.5 Å². The molecule has 0 saturated carbocycles. The summed E-state index contributed by atoms with van der Waals surface area (Å²) in [4.78, 5) is 10.9. The maximum Gasteiger partial charge on any atom is 0.134 e. The summed E-state index contributed by atoms with van der Waals surface area (Å²) in [5, 5.41) is 3.29. The van der Waals surface area contributed by atoms with Gasteiger partial charge in [0.15, 0.2) is 0 Å². The molecular formula is C12H23N5. The fraction of sp³-hybridized carbons (Fsp3) is 0.667. The Morgan fingerprint density at radius 2 is 2.12 bits per heavy atom. The zero-order chi connectivity index (χ0) is 12.8. The number of anilines is 2. The van der Waals surface area contributed by atoms with E-state index in [1.54, 1.807) is 0 Å². The molecule has 96 valence electrons. The molecule has 0 aliphatic carbocycles. The largest absolute Gasteiger partial charge is 0.368 e. The minimum absolute atomic E-state index is 0.367. The molecule has 0 aromatic carbocycles. The van der Waals surface area contributed by atoms with Gasteiger partial charge in [0.2, 0.25) is 0 Å². The van der Waals surface area contributed by atoms with Crippen molar-refractivity contribution >= 4 is 11.6 Å². The second-order valence-electron chi connectivity index (χ2n) is 4.52. The van der Waals surface area contributed by atoms with Crippen LogP contribution in [-0.2, 0) is 0 Å². The van der Waals surface area contributed by atoms with E-state index < -0.39 is 0 Å². The smallest absolute Gasteiger partial charge is 0.134 e. The van der Waals surface area contributed by atoms with Gasteiger partial charge in [-0.15, -0.1) is 0 Å². The van der Waals surface area contributed by atoms with Gasteiger partial charge in [-0.1, -0.05) is 0 Å². The molecule has 1 rings (SSSR count). The van der Waals surface area contributed by atoms with Crippen LogP contribution >= 0.6 is 0 Å². The Labute approximate surface area is 103 Å². The molecule has 1 aromatic heterocycles. The monoisotopic (exact) mass is 237 g/mol. The van der Waals surface area contributed by atoms with Crippen molar-refractivity contribution in [1.29, 1.82) is 0 Å². The van der Waals surface area contributed by atoms with Crippen LogP contribution in [0.15, 0.2) is 6.07 Å². The quantitative estimate of drug-likeness (QED) is 0.782. The van der Waals surface area contributed by atoms with Crippen LogP contribution in [0.1, 0.15) is 26.1 Å². The summed E-state index contributed by atoms with van der Waals surface area (Å²) in [7, 11) is 2.02. The molecule has 0 unspecified atom stereocenters. The van der Waals surface area contributed by atoms with Gasteiger partial charge in [-0.3, -0.25) is 0 Å². The number of hydrogen-bond donors (Lipinski definition) is 2. The Hall–Kier alpha value is -1.36. The summed E-state index contributed by atoms with van der Waals surface area (Å²) in [5.41, 5.74) is 5.51. The van der Waals surface area contributed by atoms with Crippen molar-refractivity contribution < 1.29 is 0 Å². The van der Waals surface area contributed by atoms with E-state index in [2.05, 4.69) is 34.0 Å². The van der Waals surface area contributed by atoms with E-state index in [0.29, 0.717) is 12.6 Å². The number of hydrogen-bond acceptors (Lipinski definition) is 5. The minimum atomic E-state index is 0.367. The molecule has 0 spiro atoms. The van der Waals surface area contributed by atoms with Crippen molar-refractivity contribution in [2.75, 3.05) is 30.4 Å². The van der Waals surface area contributed by atoms with Crippen molar-refractivity contribution in [3.8, 4) is 0 Å². The standard InChI is InChI=1S/C12H23N5/c1-9(2)14-11-8-12(16-10(3)15-11)17(4)7-5-6-13/h8-9H,5-7,13H2,1-4H3,(H,14,15,16). The molecule has 1 heterocycles. The van der Waals surface area contributed by atoms with Crippen molar-refractivity contribution in [1.82, 2.24) is 9.97 Å². The highest BCUT2D eigenvalue weighted by Gasteiger charge is 2.06. The first kappa shape index (κ1) is 13.7. The molecule has 0 amide bonds. The maximum atomic E-state index is 5.51. The first-order valence-corrected chi connectivity index (χ1v) is 6.06. The van der Waals surface area contributed by atoms with Crippen LogP contribution in [0, 0.1) is 6.92 Å². The van der Waals surface area contributed by atoms with Crippen molar-refractivity contribution in [3.63, 3.8) is 0 Å². The zero-order valence-electron chi connectivity index (χ0n) is 11.2. The van der Waals surface area contributed by atoms with Gasteiger partial charge in [0.05, 0.1) is 0 Å². The summed E-state index contributed by atoms with van der Waals surface area (Å²) in [5.74, 6) is 2.60. The number of nitrogens with zero attached hydrogens (tertiary/aromatic N) is 3. The van der Waals surface area contributed by atoms with Gasteiger partial charge in [-0.2, -0.15) is 0 Å². The second-order valence-corrected chi connectivity index (χ2v) is 4.52. The maximum absolute atomic E-state index is 5.51. The van der Waals surface area contributed by atoms with E-state index >= 15 is 0 Å². The Balaban J connectivity index is 2.81. The fourth-order valence-corrected chi connectivity index (χ4v) is 1.56. The highest BCUT2D eigenvalue weighted by atomic mass is 15.2. The third-order valence-electron chi connectivity index (χ3n) is 2.35. The van der Waals surface area contributed by atoms with Crippen molar-refractivity contribution in [2.45, 2.75) is 33.2 Å². The number of rotatable bonds is 6. The Kier molecular flexibility index (Phi) is 5.15. The highest BCUT2D eigenvalue weighted by Crippen LogP contribution is 2.15. The molecular weight excluding hydrogens is 214 g/mol. The summed E-state index contributed by atoms with van der Waals surface area (Å²) < 4.78 is 0. The average molecular weight is 237 g/mol. The first-order valence-electron chi connectivity index (χ1n) is 6.06. The second kappa shape index (κ2) is 6.39. The van der Waals surface area contributed by atoms with Crippen LogP contribution in [0.3, 0.4) is 0 Å². The molecule has 5 heteroatoms. The molecule has 3 N–H and O–H groups in total. The lowest BCUT2D eigenvalue weighted by molar-refractivity contribution is 0.781. The van der Waals surface area contributed by atoms with Gasteiger partial charge >= 0.3 is 0 Å².